The van der Waals surface area contributed by atoms with E-state index in [1.807, 2.05) is 0 Å². The van der Waals surface area contributed by atoms with E-state index in [-0.39, 0.29) is 18.5 Å². The molecule has 0 saturated heterocycles. The van der Waals surface area contributed by atoms with Crippen molar-refractivity contribution in [3.05, 3.63) is 41.0 Å². The maximum Gasteiger partial charge on any atom is 0.416 e. The second-order valence-corrected chi connectivity index (χ2v) is 2.66. The Hall–Kier alpha value is -1.57. The maximum absolute atomic E-state index is 12.4. The highest BCUT2D eigenvalue weighted by Crippen LogP contribution is 2.31. The minimum absolute atomic E-state index is 0.0504. The summed E-state index contributed by atoms with van der Waals surface area (Å²) in [5.41, 5.74) is -0.618. The predicted octanol–water partition coefficient (Wildman–Crippen LogP) is 2.56. The molecule has 0 amide bonds. The SMILES string of the molecule is [C-]#[N+]CCc1cnccc1C(F)(F)F. The highest BCUT2D eigenvalue weighted by molar-refractivity contribution is 5.26. The molecule has 5 heteroatoms. The van der Waals surface area contributed by atoms with Gasteiger partial charge in [-0.15, -0.1) is 0 Å². The third kappa shape index (κ3) is 2.46. The van der Waals surface area contributed by atoms with E-state index in [0.717, 1.165) is 18.5 Å². The van der Waals surface area contributed by atoms with E-state index in [0.29, 0.717) is 0 Å². The van der Waals surface area contributed by atoms with Crippen molar-refractivity contribution in [3.8, 4) is 0 Å². The smallest absolute Gasteiger partial charge is 0.317 e. The molecule has 0 aliphatic carbocycles. The van der Waals surface area contributed by atoms with Crippen molar-refractivity contribution in [2.45, 2.75) is 12.6 Å². The lowest BCUT2D eigenvalue weighted by atomic mass is 10.1. The van der Waals surface area contributed by atoms with Crippen LogP contribution >= 0.6 is 0 Å². The first-order valence-corrected chi connectivity index (χ1v) is 3.89. The summed E-state index contributed by atoms with van der Waals surface area (Å²) in [7, 11) is 0. The molecule has 0 bridgehead atoms. The highest BCUT2D eigenvalue weighted by Gasteiger charge is 2.33. The minimum Gasteiger partial charge on any atom is -0.317 e. The topological polar surface area (TPSA) is 17.2 Å². The number of pyridine rings is 1. The molecule has 74 valence electrons. The van der Waals surface area contributed by atoms with Crippen LogP contribution in [-0.4, -0.2) is 11.5 Å². The van der Waals surface area contributed by atoms with Crippen LogP contribution in [0.2, 0.25) is 0 Å². The van der Waals surface area contributed by atoms with Gasteiger partial charge in [-0.3, -0.25) is 4.98 Å². The Kier molecular flexibility index (Phi) is 3.07. The number of alkyl halides is 3. The van der Waals surface area contributed by atoms with Gasteiger partial charge in [-0.25, -0.2) is 6.57 Å². The first kappa shape index (κ1) is 10.5. The van der Waals surface area contributed by atoms with Gasteiger partial charge in [0.1, 0.15) is 0 Å². The molecule has 1 heterocycles. The number of hydrogen-bond acceptors (Lipinski definition) is 1. The molecule has 0 aliphatic rings. The molecular weight excluding hydrogens is 193 g/mol. The van der Waals surface area contributed by atoms with Crippen molar-refractivity contribution in [1.82, 2.24) is 4.98 Å². The van der Waals surface area contributed by atoms with Gasteiger partial charge in [0, 0.05) is 18.8 Å². The Morgan fingerprint density at radius 3 is 2.71 bits per heavy atom. The number of nitrogens with zero attached hydrogens (tertiary/aromatic N) is 2. The van der Waals surface area contributed by atoms with Gasteiger partial charge in [-0.05, 0) is 11.6 Å². The van der Waals surface area contributed by atoms with Crippen LogP contribution in [0.4, 0.5) is 13.2 Å². The van der Waals surface area contributed by atoms with Crippen LogP contribution < -0.4 is 0 Å². The van der Waals surface area contributed by atoms with Crippen molar-refractivity contribution < 1.29 is 13.2 Å². The normalized spacial score (nSPS) is 11.0. The Bertz CT molecular complexity index is 352. The van der Waals surface area contributed by atoms with Crippen molar-refractivity contribution >= 4 is 0 Å². The molecule has 0 unspecified atom stereocenters. The van der Waals surface area contributed by atoms with Crippen LogP contribution in [0.1, 0.15) is 11.1 Å². The lowest BCUT2D eigenvalue weighted by molar-refractivity contribution is -0.138. The third-order valence-electron chi connectivity index (χ3n) is 1.70. The van der Waals surface area contributed by atoms with Crippen LogP contribution in [0.15, 0.2) is 18.5 Å². The zero-order chi connectivity index (χ0) is 10.6. The zero-order valence-corrected chi connectivity index (χ0v) is 7.17. The van der Waals surface area contributed by atoms with Gasteiger partial charge in [0.2, 0.25) is 6.54 Å². The molecule has 0 atom stereocenters. The Balaban J connectivity index is 2.99. The summed E-state index contributed by atoms with van der Waals surface area (Å²) in [5.74, 6) is 0. The molecule has 0 N–H and O–H groups in total. The average molecular weight is 200 g/mol. The second kappa shape index (κ2) is 4.09. The van der Waals surface area contributed by atoms with Crippen LogP contribution in [-0.2, 0) is 12.6 Å². The third-order valence-corrected chi connectivity index (χ3v) is 1.70. The van der Waals surface area contributed by atoms with Gasteiger partial charge < -0.3 is 4.85 Å². The molecule has 1 aromatic heterocycles. The number of aromatic nitrogens is 1. The van der Waals surface area contributed by atoms with E-state index in [9.17, 15) is 13.2 Å². The van der Waals surface area contributed by atoms with Crippen LogP contribution in [0.25, 0.3) is 4.85 Å². The molecule has 0 aliphatic heterocycles. The molecule has 2 nitrogen and oxygen atoms in total. The monoisotopic (exact) mass is 200 g/mol. The maximum atomic E-state index is 12.4. The Morgan fingerprint density at radius 1 is 1.43 bits per heavy atom. The minimum atomic E-state index is -4.36. The van der Waals surface area contributed by atoms with Gasteiger partial charge >= 0.3 is 6.18 Å². The van der Waals surface area contributed by atoms with Gasteiger partial charge in [0.15, 0.2) is 0 Å². The summed E-state index contributed by atoms with van der Waals surface area (Å²) in [6, 6.07) is 0.930. The van der Waals surface area contributed by atoms with E-state index in [2.05, 4.69) is 9.83 Å². The van der Waals surface area contributed by atoms with Gasteiger partial charge in [0.05, 0.1) is 5.56 Å². The quantitative estimate of drug-likeness (QED) is 0.670. The summed E-state index contributed by atoms with van der Waals surface area (Å²) < 4.78 is 37.1. The van der Waals surface area contributed by atoms with E-state index in [4.69, 9.17) is 6.57 Å². The van der Waals surface area contributed by atoms with Gasteiger partial charge in [-0.1, -0.05) is 0 Å². The van der Waals surface area contributed by atoms with Crippen molar-refractivity contribution in [3.63, 3.8) is 0 Å². The van der Waals surface area contributed by atoms with E-state index in [1.165, 1.54) is 0 Å². The molecule has 1 rings (SSSR count). The average Bonchev–Trinajstić information content (AvgIpc) is 2.14. The zero-order valence-electron chi connectivity index (χ0n) is 7.17. The van der Waals surface area contributed by atoms with Crippen LogP contribution in [0.3, 0.4) is 0 Å². The first-order valence-electron chi connectivity index (χ1n) is 3.89. The van der Waals surface area contributed by atoms with E-state index in [1.54, 1.807) is 0 Å². The van der Waals surface area contributed by atoms with Crippen LogP contribution in [0.5, 0.6) is 0 Å². The summed E-state index contributed by atoms with van der Waals surface area (Å²) in [6.45, 7) is 6.55. The molecule has 1 aromatic rings. The van der Waals surface area contributed by atoms with E-state index >= 15 is 0 Å². The number of rotatable bonds is 2. The summed E-state index contributed by atoms with van der Waals surface area (Å²) in [4.78, 5) is 6.62. The van der Waals surface area contributed by atoms with E-state index < -0.39 is 11.7 Å². The lowest BCUT2D eigenvalue weighted by Crippen LogP contribution is -2.10. The summed E-state index contributed by atoms with van der Waals surface area (Å²) in [5, 5.41) is 0. The Labute approximate surface area is 79.2 Å². The first-order chi connectivity index (χ1) is 6.55. The van der Waals surface area contributed by atoms with Crippen molar-refractivity contribution in [2.24, 2.45) is 0 Å². The molecular formula is C9H7F3N2. The van der Waals surface area contributed by atoms with Crippen molar-refractivity contribution in [2.75, 3.05) is 6.54 Å². The Morgan fingerprint density at radius 2 is 2.14 bits per heavy atom. The molecule has 0 fully saturated rings. The molecule has 0 aromatic carbocycles. The van der Waals surface area contributed by atoms with Gasteiger partial charge in [0.25, 0.3) is 0 Å². The molecule has 0 spiro atoms. The molecule has 0 radical (unpaired) electrons. The highest BCUT2D eigenvalue weighted by atomic mass is 19.4. The lowest BCUT2D eigenvalue weighted by Gasteiger charge is -2.09. The number of halogens is 3. The van der Waals surface area contributed by atoms with Gasteiger partial charge in [-0.2, -0.15) is 13.2 Å². The standard InChI is InChI=1S/C9H7F3N2/c1-13-4-2-7-6-14-5-3-8(7)9(10,11)12/h3,5-6H,2,4H2. The number of hydrogen-bond donors (Lipinski definition) is 0. The van der Waals surface area contributed by atoms with Crippen molar-refractivity contribution in [1.29, 1.82) is 0 Å². The molecule has 0 saturated carbocycles. The largest absolute Gasteiger partial charge is 0.416 e. The fourth-order valence-electron chi connectivity index (χ4n) is 1.08. The predicted molar refractivity (Wildman–Crippen MR) is 44.4 cm³/mol. The van der Waals surface area contributed by atoms with Crippen LogP contribution in [0, 0.1) is 6.57 Å². The second-order valence-electron chi connectivity index (χ2n) is 2.66. The fraction of sp³-hybridized carbons (Fsp3) is 0.333. The summed E-state index contributed by atoms with van der Waals surface area (Å²) >= 11 is 0. The summed E-state index contributed by atoms with van der Waals surface area (Å²) in [6.07, 6.45) is -2.01. The fourth-order valence-corrected chi connectivity index (χ4v) is 1.08. The molecule has 14 heavy (non-hydrogen) atoms.